The minimum atomic E-state index is -3.98. The number of rotatable bonds is 7. The number of benzene rings is 3. The van der Waals surface area contributed by atoms with Crippen molar-refractivity contribution in [2.24, 2.45) is 5.10 Å². The molecule has 5 rings (SSSR count). The Balaban J connectivity index is 1.61. The van der Waals surface area contributed by atoms with E-state index in [4.69, 9.17) is 21.1 Å². The highest BCUT2D eigenvalue weighted by Gasteiger charge is 2.39. The van der Waals surface area contributed by atoms with Gasteiger partial charge < -0.3 is 9.47 Å². The number of methoxy groups -OCH3 is 1. The quantitative estimate of drug-likeness (QED) is 0.265. The zero-order valence-corrected chi connectivity index (χ0v) is 22.3. The smallest absolute Gasteiger partial charge is 0.279 e. The van der Waals surface area contributed by atoms with Crippen LogP contribution in [0, 0.1) is 6.92 Å². The van der Waals surface area contributed by atoms with Crippen LogP contribution in [-0.4, -0.2) is 37.2 Å². The van der Waals surface area contributed by atoms with Gasteiger partial charge in [-0.05, 0) is 74.0 Å². The molecule has 7 nitrogen and oxygen atoms in total. The van der Waals surface area contributed by atoms with Crippen LogP contribution in [0.2, 0.25) is 5.15 Å². The summed E-state index contributed by atoms with van der Waals surface area (Å²) < 4.78 is 39.7. The number of ether oxygens (including phenoxy) is 2. The molecule has 1 aliphatic rings. The van der Waals surface area contributed by atoms with Gasteiger partial charge in [0.05, 0.1) is 35.9 Å². The zero-order chi connectivity index (χ0) is 26.2. The van der Waals surface area contributed by atoms with Crippen molar-refractivity contribution >= 4 is 38.2 Å². The summed E-state index contributed by atoms with van der Waals surface area (Å²) >= 11 is 6.69. The molecular weight excluding hydrogens is 510 g/mol. The van der Waals surface area contributed by atoms with Gasteiger partial charge in [-0.1, -0.05) is 29.3 Å². The van der Waals surface area contributed by atoms with E-state index in [1.54, 1.807) is 31.4 Å². The van der Waals surface area contributed by atoms with Gasteiger partial charge in [-0.25, -0.2) is 4.98 Å². The summed E-state index contributed by atoms with van der Waals surface area (Å²) in [4.78, 5) is 4.74. The lowest BCUT2D eigenvalue weighted by Gasteiger charge is -2.24. The van der Waals surface area contributed by atoms with E-state index in [1.807, 2.05) is 62.4 Å². The van der Waals surface area contributed by atoms with Crippen molar-refractivity contribution in [1.82, 2.24) is 9.40 Å². The van der Waals surface area contributed by atoms with E-state index < -0.39 is 16.1 Å². The highest BCUT2D eigenvalue weighted by Crippen LogP contribution is 2.40. The summed E-state index contributed by atoms with van der Waals surface area (Å²) in [6.45, 7) is 4.36. The minimum absolute atomic E-state index is 0.161. The molecule has 0 spiro atoms. The van der Waals surface area contributed by atoms with Crippen LogP contribution in [0.1, 0.15) is 36.1 Å². The summed E-state index contributed by atoms with van der Waals surface area (Å²) in [5, 5.41) is 5.67. The molecule has 1 atom stereocenters. The molecule has 0 radical (unpaired) electrons. The van der Waals surface area contributed by atoms with Crippen LogP contribution < -0.4 is 9.47 Å². The van der Waals surface area contributed by atoms with Crippen LogP contribution in [0.3, 0.4) is 0 Å². The van der Waals surface area contributed by atoms with Crippen molar-refractivity contribution in [1.29, 1.82) is 0 Å². The number of pyridine rings is 1. The Hall–Kier alpha value is -3.62. The third-order valence-electron chi connectivity index (χ3n) is 6.30. The Morgan fingerprint density at radius 2 is 1.70 bits per heavy atom. The van der Waals surface area contributed by atoms with Gasteiger partial charge >= 0.3 is 0 Å². The van der Waals surface area contributed by atoms with Gasteiger partial charge in [-0.15, -0.1) is 0 Å². The molecule has 190 valence electrons. The molecule has 4 aromatic rings. The number of fused-ring (bicyclic) bond motifs is 1. The van der Waals surface area contributed by atoms with Crippen LogP contribution in [0.25, 0.3) is 10.9 Å². The van der Waals surface area contributed by atoms with Gasteiger partial charge in [0.1, 0.15) is 16.7 Å². The molecule has 2 heterocycles. The largest absolute Gasteiger partial charge is 0.497 e. The molecule has 0 aliphatic carbocycles. The van der Waals surface area contributed by atoms with E-state index in [0.717, 1.165) is 16.5 Å². The van der Waals surface area contributed by atoms with Crippen molar-refractivity contribution in [2.75, 3.05) is 13.7 Å². The van der Waals surface area contributed by atoms with Gasteiger partial charge in [0.25, 0.3) is 10.0 Å². The molecule has 0 N–H and O–H groups in total. The number of aryl methyl sites for hydroxylation is 1. The van der Waals surface area contributed by atoms with Crippen LogP contribution >= 0.6 is 11.6 Å². The van der Waals surface area contributed by atoms with Crippen molar-refractivity contribution in [3.8, 4) is 11.5 Å². The topological polar surface area (TPSA) is 81.1 Å². The molecule has 0 fully saturated rings. The summed E-state index contributed by atoms with van der Waals surface area (Å²) in [6, 6.07) is 20.9. The number of hydrazone groups is 1. The zero-order valence-electron chi connectivity index (χ0n) is 20.7. The first-order valence-electron chi connectivity index (χ1n) is 11.9. The molecule has 0 saturated carbocycles. The fraction of sp³-hybridized carbons (Fsp3) is 0.214. The second-order valence-corrected chi connectivity index (χ2v) is 10.9. The predicted molar refractivity (Wildman–Crippen MR) is 145 cm³/mol. The first kappa shape index (κ1) is 25.0. The Bertz CT molecular complexity index is 1590. The third kappa shape index (κ3) is 4.86. The lowest BCUT2D eigenvalue weighted by molar-refractivity contribution is 0.340. The lowest BCUT2D eigenvalue weighted by atomic mass is 9.99. The molecule has 1 aromatic heterocycles. The number of hydrogen-bond donors (Lipinski definition) is 0. The Labute approximate surface area is 221 Å². The van der Waals surface area contributed by atoms with Crippen LogP contribution in [-0.2, 0) is 10.0 Å². The van der Waals surface area contributed by atoms with Crippen molar-refractivity contribution < 1.29 is 17.9 Å². The minimum Gasteiger partial charge on any atom is -0.497 e. The standard InChI is InChI=1S/C28H26ClN3O4S/c1-4-36-22-12-9-20-15-24(28(29)30-25(20)16-22)27-17-26(19-7-10-21(35-3)11-8-19)31-32(27)37(33,34)23-13-5-18(2)6-14-23/h5-16,27H,4,17H2,1-3H3. The van der Waals surface area contributed by atoms with Crippen molar-refractivity contribution in [3.63, 3.8) is 0 Å². The van der Waals surface area contributed by atoms with E-state index in [-0.39, 0.29) is 10.0 Å². The van der Waals surface area contributed by atoms with E-state index in [1.165, 1.54) is 4.41 Å². The average molecular weight is 536 g/mol. The molecule has 0 saturated heterocycles. The maximum Gasteiger partial charge on any atom is 0.279 e. The molecule has 1 unspecified atom stereocenters. The number of halogens is 1. The van der Waals surface area contributed by atoms with Gasteiger partial charge in [0, 0.05) is 23.4 Å². The first-order chi connectivity index (χ1) is 17.8. The molecule has 37 heavy (non-hydrogen) atoms. The second-order valence-electron chi connectivity index (χ2n) is 8.74. The summed E-state index contributed by atoms with van der Waals surface area (Å²) in [5.74, 6) is 1.40. The van der Waals surface area contributed by atoms with E-state index in [2.05, 4.69) is 10.1 Å². The Morgan fingerprint density at radius 1 is 1.00 bits per heavy atom. The van der Waals surface area contributed by atoms with E-state index >= 15 is 0 Å². The molecule has 0 bridgehead atoms. The van der Waals surface area contributed by atoms with Crippen molar-refractivity contribution in [3.05, 3.63) is 94.6 Å². The number of nitrogens with zero attached hydrogens (tertiary/aromatic N) is 3. The van der Waals surface area contributed by atoms with Crippen LogP contribution in [0.5, 0.6) is 11.5 Å². The second kappa shape index (κ2) is 10.0. The SMILES string of the molecule is CCOc1ccc2cc(C3CC(c4ccc(OC)cc4)=NN3S(=O)(=O)c3ccc(C)cc3)c(Cl)nc2c1. The third-order valence-corrected chi connectivity index (χ3v) is 8.30. The van der Waals surface area contributed by atoms with Gasteiger partial charge in [-0.3, -0.25) is 0 Å². The highest BCUT2D eigenvalue weighted by atomic mass is 35.5. The molecular formula is C28H26ClN3O4S. The maximum atomic E-state index is 13.8. The molecule has 9 heteroatoms. The predicted octanol–water partition coefficient (Wildman–Crippen LogP) is 6.14. The first-order valence-corrected chi connectivity index (χ1v) is 13.7. The normalized spacial score (nSPS) is 15.6. The molecule has 0 amide bonds. The number of sulfonamides is 1. The fourth-order valence-electron chi connectivity index (χ4n) is 4.35. The van der Waals surface area contributed by atoms with Gasteiger partial charge in [0.15, 0.2) is 0 Å². The number of hydrogen-bond acceptors (Lipinski definition) is 6. The van der Waals surface area contributed by atoms with Gasteiger partial charge in [-0.2, -0.15) is 17.9 Å². The molecule has 3 aromatic carbocycles. The highest BCUT2D eigenvalue weighted by molar-refractivity contribution is 7.89. The molecule has 1 aliphatic heterocycles. The van der Waals surface area contributed by atoms with Crippen LogP contribution in [0.15, 0.2) is 82.8 Å². The fourth-order valence-corrected chi connectivity index (χ4v) is 6.04. The van der Waals surface area contributed by atoms with Crippen LogP contribution in [0.4, 0.5) is 0 Å². The van der Waals surface area contributed by atoms with Crippen molar-refractivity contribution in [2.45, 2.75) is 31.2 Å². The van der Waals surface area contributed by atoms with E-state index in [9.17, 15) is 8.42 Å². The summed E-state index contributed by atoms with van der Waals surface area (Å²) in [6.07, 6.45) is 0.335. The average Bonchev–Trinajstić information content (AvgIpc) is 3.35. The van der Waals surface area contributed by atoms with E-state index in [0.29, 0.717) is 41.3 Å². The maximum absolute atomic E-state index is 13.8. The monoisotopic (exact) mass is 535 g/mol. The lowest BCUT2D eigenvalue weighted by Crippen LogP contribution is -2.27. The number of aromatic nitrogens is 1. The summed E-state index contributed by atoms with van der Waals surface area (Å²) in [5.41, 5.74) is 3.65. The Morgan fingerprint density at radius 3 is 2.38 bits per heavy atom. The Kier molecular flexibility index (Phi) is 6.79. The summed E-state index contributed by atoms with van der Waals surface area (Å²) in [7, 11) is -2.38. The van der Waals surface area contributed by atoms with Gasteiger partial charge in [0.2, 0.25) is 0 Å².